The van der Waals surface area contributed by atoms with E-state index in [9.17, 15) is 4.79 Å². The van der Waals surface area contributed by atoms with E-state index in [2.05, 4.69) is 20.3 Å². The first-order chi connectivity index (χ1) is 9.70. The Morgan fingerprint density at radius 1 is 1.40 bits per heavy atom. The number of morpholine rings is 1. The lowest BCUT2D eigenvalue weighted by Crippen LogP contribution is -2.59. The van der Waals surface area contributed by atoms with Crippen molar-refractivity contribution in [1.29, 1.82) is 0 Å². The predicted molar refractivity (Wildman–Crippen MR) is 67.3 cm³/mol. The number of carbonyl (C=O) groups excluding carboxylic acids is 1. The lowest BCUT2D eigenvalue weighted by atomic mass is 10.0. The van der Waals surface area contributed by atoms with Crippen LogP contribution in [0, 0.1) is 6.92 Å². The fourth-order valence-electron chi connectivity index (χ4n) is 2.56. The maximum absolute atomic E-state index is 12.4. The van der Waals surface area contributed by atoms with Gasteiger partial charge in [0.15, 0.2) is 5.69 Å². The molecule has 0 aliphatic carbocycles. The second-order valence-corrected chi connectivity index (χ2v) is 5.19. The molecule has 3 heterocycles. The summed E-state index contributed by atoms with van der Waals surface area (Å²) < 4.78 is 16.0. The van der Waals surface area contributed by atoms with Crippen molar-refractivity contribution in [2.24, 2.45) is 0 Å². The standard InChI is InChI=1S/C12H18N4O4/c1-9-10(15-20-14-9)11(17)16-3-5-19-12(7-16)6-13-2-4-18-8-12/h13H,2-8H2,1H3. The summed E-state index contributed by atoms with van der Waals surface area (Å²) in [6.07, 6.45) is 0. The molecule has 0 aromatic carbocycles. The minimum atomic E-state index is -0.477. The quantitative estimate of drug-likeness (QED) is 0.722. The van der Waals surface area contributed by atoms with Gasteiger partial charge in [0, 0.05) is 19.6 Å². The number of hydrogen-bond donors (Lipinski definition) is 1. The maximum Gasteiger partial charge on any atom is 0.278 e. The number of nitrogens with one attached hydrogen (secondary N) is 1. The molecule has 1 spiro atoms. The molecule has 1 aromatic heterocycles. The predicted octanol–water partition coefficient (Wildman–Crippen LogP) is -0.791. The second kappa shape index (κ2) is 5.47. The van der Waals surface area contributed by atoms with E-state index in [0.717, 1.165) is 6.54 Å². The van der Waals surface area contributed by atoms with Crippen LogP contribution in [-0.4, -0.2) is 72.7 Å². The molecule has 3 rings (SSSR count). The molecule has 2 fully saturated rings. The minimum absolute atomic E-state index is 0.171. The molecule has 2 aliphatic rings. The summed E-state index contributed by atoms with van der Waals surface area (Å²) in [5.41, 5.74) is 0.297. The Hall–Kier alpha value is -1.51. The van der Waals surface area contributed by atoms with Crippen LogP contribution in [0.2, 0.25) is 0 Å². The first-order valence-corrected chi connectivity index (χ1v) is 6.71. The van der Waals surface area contributed by atoms with Crippen LogP contribution in [0.4, 0.5) is 0 Å². The van der Waals surface area contributed by atoms with Crippen LogP contribution in [-0.2, 0) is 9.47 Å². The van der Waals surface area contributed by atoms with Gasteiger partial charge in [-0.05, 0) is 12.1 Å². The van der Waals surface area contributed by atoms with Gasteiger partial charge in [-0.3, -0.25) is 4.79 Å². The Morgan fingerprint density at radius 2 is 2.30 bits per heavy atom. The average Bonchev–Trinajstić information content (AvgIpc) is 2.76. The van der Waals surface area contributed by atoms with Crippen LogP contribution < -0.4 is 5.32 Å². The van der Waals surface area contributed by atoms with Crippen molar-refractivity contribution in [2.45, 2.75) is 12.5 Å². The lowest BCUT2D eigenvalue weighted by molar-refractivity contribution is -0.125. The zero-order valence-electron chi connectivity index (χ0n) is 11.4. The fourth-order valence-corrected chi connectivity index (χ4v) is 2.56. The monoisotopic (exact) mass is 282 g/mol. The highest BCUT2D eigenvalue weighted by Crippen LogP contribution is 2.21. The third kappa shape index (κ3) is 2.54. The van der Waals surface area contributed by atoms with E-state index >= 15 is 0 Å². The zero-order chi connectivity index (χ0) is 14.0. The Kier molecular flexibility index (Phi) is 3.68. The smallest absolute Gasteiger partial charge is 0.278 e. The van der Waals surface area contributed by atoms with Crippen LogP contribution in [0.25, 0.3) is 0 Å². The van der Waals surface area contributed by atoms with E-state index in [1.54, 1.807) is 11.8 Å². The van der Waals surface area contributed by atoms with Crippen LogP contribution >= 0.6 is 0 Å². The summed E-state index contributed by atoms with van der Waals surface area (Å²) in [5, 5.41) is 10.6. The lowest BCUT2D eigenvalue weighted by Gasteiger charge is -2.41. The highest BCUT2D eigenvalue weighted by atomic mass is 16.6. The van der Waals surface area contributed by atoms with E-state index in [4.69, 9.17) is 9.47 Å². The largest absolute Gasteiger partial charge is 0.377 e. The number of carbonyl (C=O) groups is 1. The summed E-state index contributed by atoms with van der Waals surface area (Å²) in [4.78, 5) is 14.2. The molecule has 1 atom stereocenters. The minimum Gasteiger partial charge on any atom is -0.377 e. The number of rotatable bonds is 1. The molecule has 8 heteroatoms. The number of hydrogen-bond acceptors (Lipinski definition) is 7. The molecule has 1 amide bonds. The third-order valence-corrected chi connectivity index (χ3v) is 3.63. The molecule has 0 saturated carbocycles. The molecule has 2 aliphatic heterocycles. The van der Waals surface area contributed by atoms with Gasteiger partial charge in [-0.1, -0.05) is 5.16 Å². The van der Waals surface area contributed by atoms with Crippen LogP contribution in [0.15, 0.2) is 4.63 Å². The van der Waals surface area contributed by atoms with Gasteiger partial charge in [0.1, 0.15) is 11.3 Å². The number of aryl methyl sites for hydroxylation is 1. The van der Waals surface area contributed by atoms with E-state index in [1.807, 2.05) is 0 Å². The SMILES string of the molecule is Cc1nonc1C(=O)N1CCOC2(CNCCOC2)C1. The number of nitrogens with zero attached hydrogens (tertiary/aromatic N) is 3. The average molecular weight is 282 g/mol. The van der Waals surface area contributed by atoms with Crippen molar-refractivity contribution in [3.63, 3.8) is 0 Å². The Bertz CT molecular complexity index is 482. The van der Waals surface area contributed by atoms with Crippen molar-refractivity contribution >= 4 is 5.91 Å². The summed E-state index contributed by atoms with van der Waals surface area (Å²) >= 11 is 0. The zero-order valence-corrected chi connectivity index (χ0v) is 11.4. The van der Waals surface area contributed by atoms with Gasteiger partial charge in [-0.25, -0.2) is 4.63 Å². The van der Waals surface area contributed by atoms with E-state index in [1.165, 1.54) is 0 Å². The molecular weight excluding hydrogens is 264 g/mol. The summed E-state index contributed by atoms with van der Waals surface area (Å²) in [6, 6.07) is 0. The van der Waals surface area contributed by atoms with Crippen molar-refractivity contribution in [3.8, 4) is 0 Å². The van der Waals surface area contributed by atoms with Crippen LogP contribution in [0.5, 0.6) is 0 Å². The molecule has 20 heavy (non-hydrogen) atoms. The molecule has 1 aromatic rings. The number of ether oxygens (including phenoxy) is 2. The van der Waals surface area contributed by atoms with E-state index in [0.29, 0.717) is 45.1 Å². The molecule has 2 saturated heterocycles. The van der Waals surface area contributed by atoms with Crippen LogP contribution in [0.1, 0.15) is 16.2 Å². The van der Waals surface area contributed by atoms with Crippen molar-refractivity contribution in [2.75, 3.05) is 46.0 Å². The molecule has 8 nitrogen and oxygen atoms in total. The molecule has 0 bridgehead atoms. The number of aromatic nitrogens is 2. The van der Waals surface area contributed by atoms with Gasteiger partial charge in [0.05, 0.1) is 26.4 Å². The first-order valence-electron chi connectivity index (χ1n) is 6.71. The van der Waals surface area contributed by atoms with Gasteiger partial charge >= 0.3 is 0 Å². The second-order valence-electron chi connectivity index (χ2n) is 5.19. The fraction of sp³-hybridized carbons (Fsp3) is 0.750. The molecule has 1 N–H and O–H groups in total. The summed E-state index contributed by atoms with van der Waals surface area (Å²) in [7, 11) is 0. The Balaban J connectivity index is 1.74. The topological polar surface area (TPSA) is 89.7 Å². The molecule has 0 radical (unpaired) electrons. The van der Waals surface area contributed by atoms with Crippen molar-refractivity contribution in [1.82, 2.24) is 20.5 Å². The van der Waals surface area contributed by atoms with Crippen molar-refractivity contribution < 1.29 is 18.9 Å². The Morgan fingerprint density at radius 3 is 3.10 bits per heavy atom. The first kappa shape index (κ1) is 13.5. The third-order valence-electron chi connectivity index (χ3n) is 3.63. The normalized spacial score (nSPS) is 27.6. The van der Waals surface area contributed by atoms with E-state index < -0.39 is 5.60 Å². The van der Waals surface area contributed by atoms with Gasteiger partial charge < -0.3 is 19.7 Å². The van der Waals surface area contributed by atoms with Gasteiger partial charge in [-0.2, -0.15) is 0 Å². The Labute approximate surface area is 116 Å². The van der Waals surface area contributed by atoms with Gasteiger partial charge in [0.25, 0.3) is 5.91 Å². The van der Waals surface area contributed by atoms with Gasteiger partial charge in [-0.15, -0.1) is 0 Å². The summed E-state index contributed by atoms with van der Waals surface area (Å²) in [6.45, 7) is 5.82. The summed E-state index contributed by atoms with van der Waals surface area (Å²) in [5.74, 6) is -0.171. The maximum atomic E-state index is 12.4. The number of amides is 1. The van der Waals surface area contributed by atoms with Crippen molar-refractivity contribution in [3.05, 3.63) is 11.4 Å². The highest BCUT2D eigenvalue weighted by Gasteiger charge is 2.40. The molecule has 110 valence electrons. The van der Waals surface area contributed by atoms with Gasteiger partial charge in [0.2, 0.25) is 0 Å². The molecular formula is C12H18N4O4. The highest BCUT2D eigenvalue weighted by molar-refractivity contribution is 5.93. The van der Waals surface area contributed by atoms with Crippen LogP contribution in [0.3, 0.4) is 0 Å². The molecule has 1 unspecified atom stereocenters. The van der Waals surface area contributed by atoms with E-state index in [-0.39, 0.29) is 11.6 Å².